The van der Waals surface area contributed by atoms with Crippen LogP contribution in [-0.2, 0) is 9.53 Å². The Bertz CT molecular complexity index is 484. The van der Waals surface area contributed by atoms with E-state index in [1.165, 1.54) is 89.9 Å². The lowest BCUT2D eigenvalue weighted by Gasteiger charge is -2.38. The topological polar surface area (TPSA) is 46.5 Å². The van der Waals surface area contributed by atoms with Crippen LogP contribution in [0.1, 0.15) is 122 Å². The summed E-state index contributed by atoms with van der Waals surface area (Å²) in [5.41, 5.74) is 0.341. The molecule has 0 aromatic rings. The highest BCUT2D eigenvalue weighted by Gasteiger charge is 2.30. The molecule has 2 aliphatic rings. The van der Waals surface area contributed by atoms with Crippen molar-refractivity contribution in [2.45, 2.75) is 122 Å². The van der Waals surface area contributed by atoms with Gasteiger partial charge in [-0.2, -0.15) is 0 Å². The Morgan fingerprint density at radius 3 is 2.00 bits per heavy atom. The van der Waals surface area contributed by atoms with Gasteiger partial charge < -0.3 is 9.84 Å². The number of ether oxygens (including phenoxy) is 1. The van der Waals surface area contributed by atoms with Crippen molar-refractivity contribution in [3.8, 4) is 0 Å². The van der Waals surface area contributed by atoms with E-state index >= 15 is 0 Å². The number of hydrogen-bond donors (Lipinski definition) is 1. The molecule has 0 atom stereocenters. The van der Waals surface area contributed by atoms with Crippen LogP contribution in [0, 0.1) is 23.7 Å². The zero-order valence-electron chi connectivity index (χ0n) is 20.4. The summed E-state index contributed by atoms with van der Waals surface area (Å²) >= 11 is 0. The van der Waals surface area contributed by atoms with Gasteiger partial charge in [0.2, 0.25) is 0 Å². The van der Waals surface area contributed by atoms with Gasteiger partial charge in [0, 0.05) is 18.8 Å². The number of carboxylic acid groups (broad SMARTS) is 1. The van der Waals surface area contributed by atoms with Crippen molar-refractivity contribution in [3.63, 3.8) is 0 Å². The van der Waals surface area contributed by atoms with E-state index in [0.29, 0.717) is 12.0 Å². The van der Waals surface area contributed by atoms with Crippen molar-refractivity contribution >= 4 is 5.97 Å². The first-order valence-electron chi connectivity index (χ1n) is 13.6. The summed E-state index contributed by atoms with van der Waals surface area (Å²) in [5, 5.41) is 8.80. The second-order valence-corrected chi connectivity index (χ2v) is 10.6. The summed E-state index contributed by atoms with van der Waals surface area (Å²) < 4.78 is 6.00. The average Bonchev–Trinajstić information content (AvgIpc) is 2.79. The summed E-state index contributed by atoms with van der Waals surface area (Å²) in [6, 6.07) is 0. The van der Waals surface area contributed by atoms with Crippen molar-refractivity contribution in [2.24, 2.45) is 23.7 Å². The van der Waals surface area contributed by atoms with E-state index < -0.39 is 5.97 Å². The Labute approximate surface area is 192 Å². The molecule has 2 fully saturated rings. The number of unbranched alkanes of at least 4 members (excludes halogenated alkanes) is 6. The zero-order chi connectivity index (χ0) is 22.3. The van der Waals surface area contributed by atoms with Crippen LogP contribution < -0.4 is 0 Å². The molecule has 2 rings (SSSR count). The third-order valence-electron chi connectivity index (χ3n) is 8.09. The second-order valence-electron chi connectivity index (χ2n) is 10.6. The SMILES string of the molecule is C=C(CCCCCCCOCC1CCC(C2CCC(CCCCC)CC2)CC1)C(=O)O. The summed E-state index contributed by atoms with van der Waals surface area (Å²) in [4.78, 5) is 10.7. The number of rotatable bonds is 16. The molecule has 2 saturated carbocycles. The fraction of sp³-hybridized carbons (Fsp3) is 0.893. The normalized spacial score (nSPS) is 26.6. The maximum atomic E-state index is 10.7. The van der Waals surface area contributed by atoms with Crippen molar-refractivity contribution in [1.82, 2.24) is 0 Å². The Morgan fingerprint density at radius 2 is 1.39 bits per heavy atom. The third-order valence-corrected chi connectivity index (χ3v) is 8.09. The maximum absolute atomic E-state index is 10.7. The molecule has 2 aliphatic carbocycles. The van der Waals surface area contributed by atoms with Gasteiger partial charge in [0.1, 0.15) is 0 Å². The van der Waals surface area contributed by atoms with E-state index in [4.69, 9.17) is 9.84 Å². The van der Waals surface area contributed by atoms with Crippen LogP contribution in [0.3, 0.4) is 0 Å². The summed E-state index contributed by atoms with van der Waals surface area (Å²) in [6.07, 6.45) is 23.6. The van der Waals surface area contributed by atoms with E-state index in [1.54, 1.807) is 0 Å². The maximum Gasteiger partial charge on any atom is 0.330 e. The minimum atomic E-state index is -0.854. The Kier molecular flexibility index (Phi) is 13.5. The van der Waals surface area contributed by atoms with Crippen LogP contribution in [-0.4, -0.2) is 24.3 Å². The van der Waals surface area contributed by atoms with Crippen LogP contribution in [0.5, 0.6) is 0 Å². The lowest BCUT2D eigenvalue weighted by atomic mass is 9.69. The van der Waals surface area contributed by atoms with Crippen molar-refractivity contribution < 1.29 is 14.6 Å². The molecule has 0 amide bonds. The van der Waals surface area contributed by atoms with Crippen molar-refractivity contribution in [2.75, 3.05) is 13.2 Å². The fourth-order valence-electron chi connectivity index (χ4n) is 5.89. The van der Waals surface area contributed by atoms with Crippen LogP contribution in [0.4, 0.5) is 0 Å². The first-order chi connectivity index (χ1) is 15.1. The summed E-state index contributed by atoms with van der Waals surface area (Å²) in [7, 11) is 0. The van der Waals surface area contributed by atoms with Gasteiger partial charge in [-0.25, -0.2) is 4.79 Å². The lowest BCUT2D eigenvalue weighted by Crippen LogP contribution is -2.27. The number of carbonyl (C=O) groups is 1. The van der Waals surface area contributed by atoms with Crippen molar-refractivity contribution in [1.29, 1.82) is 0 Å². The van der Waals surface area contributed by atoms with Gasteiger partial charge in [-0.05, 0) is 81.5 Å². The second kappa shape index (κ2) is 15.9. The van der Waals surface area contributed by atoms with E-state index in [1.807, 2.05) is 0 Å². The molecule has 1 N–H and O–H groups in total. The molecular weight excluding hydrogens is 384 g/mol. The molecule has 31 heavy (non-hydrogen) atoms. The summed E-state index contributed by atoms with van der Waals surface area (Å²) in [5.74, 6) is 3.01. The Hall–Kier alpha value is -0.830. The van der Waals surface area contributed by atoms with Crippen LogP contribution >= 0.6 is 0 Å². The number of aliphatic carboxylic acids is 1. The molecule has 0 spiro atoms. The summed E-state index contributed by atoms with van der Waals surface area (Å²) in [6.45, 7) is 7.76. The van der Waals surface area contributed by atoms with E-state index in [-0.39, 0.29) is 0 Å². The van der Waals surface area contributed by atoms with Gasteiger partial charge in [-0.1, -0.05) is 71.3 Å². The predicted molar refractivity (Wildman–Crippen MR) is 130 cm³/mol. The van der Waals surface area contributed by atoms with E-state index in [0.717, 1.165) is 56.1 Å². The highest BCUT2D eigenvalue weighted by Crippen LogP contribution is 2.42. The molecule has 0 aliphatic heterocycles. The van der Waals surface area contributed by atoms with Crippen molar-refractivity contribution in [3.05, 3.63) is 12.2 Å². The average molecular weight is 435 g/mol. The largest absolute Gasteiger partial charge is 0.478 e. The number of carboxylic acids is 1. The third kappa shape index (κ3) is 11.0. The fourth-order valence-corrected chi connectivity index (χ4v) is 5.89. The van der Waals surface area contributed by atoms with Gasteiger partial charge >= 0.3 is 5.97 Å². The number of hydrogen-bond acceptors (Lipinski definition) is 2. The molecule has 180 valence electrons. The van der Waals surface area contributed by atoms with Gasteiger partial charge in [-0.15, -0.1) is 0 Å². The van der Waals surface area contributed by atoms with Crippen LogP contribution in [0.25, 0.3) is 0 Å². The monoisotopic (exact) mass is 434 g/mol. The zero-order valence-corrected chi connectivity index (χ0v) is 20.4. The molecule has 3 heteroatoms. The van der Waals surface area contributed by atoms with Crippen LogP contribution in [0.2, 0.25) is 0 Å². The standard InChI is InChI=1S/C28H50O3/c1-3-4-8-12-24-13-17-26(18-14-24)27-19-15-25(16-20-27)22-31-21-10-7-5-6-9-11-23(2)28(29)30/h24-27H,2-22H2,1H3,(H,29,30). The molecule has 3 nitrogen and oxygen atoms in total. The van der Waals surface area contributed by atoms with Gasteiger partial charge in [0.25, 0.3) is 0 Å². The molecular formula is C28H50O3. The molecule has 0 saturated heterocycles. The first-order valence-corrected chi connectivity index (χ1v) is 13.6. The molecule has 0 aromatic carbocycles. The smallest absolute Gasteiger partial charge is 0.330 e. The van der Waals surface area contributed by atoms with Gasteiger partial charge in [-0.3, -0.25) is 0 Å². The molecule has 0 aromatic heterocycles. The minimum absolute atomic E-state index is 0.341. The molecule has 0 bridgehead atoms. The Balaban J connectivity index is 1.42. The minimum Gasteiger partial charge on any atom is -0.478 e. The van der Waals surface area contributed by atoms with E-state index in [9.17, 15) is 4.79 Å². The van der Waals surface area contributed by atoms with Crippen LogP contribution in [0.15, 0.2) is 12.2 Å². The molecule has 0 unspecified atom stereocenters. The quantitative estimate of drug-likeness (QED) is 0.197. The predicted octanol–water partition coefficient (Wildman–Crippen LogP) is 8.18. The van der Waals surface area contributed by atoms with Gasteiger partial charge in [0.05, 0.1) is 0 Å². The highest BCUT2D eigenvalue weighted by molar-refractivity contribution is 5.85. The Morgan fingerprint density at radius 1 is 0.806 bits per heavy atom. The highest BCUT2D eigenvalue weighted by atomic mass is 16.5. The van der Waals surface area contributed by atoms with E-state index in [2.05, 4.69) is 13.5 Å². The first kappa shape index (κ1) is 26.4. The lowest BCUT2D eigenvalue weighted by molar-refractivity contribution is -0.132. The molecule has 0 heterocycles. The van der Waals surface area contributed by atoms with Gasteiger partial charge in [0.15, 0.2) is 0 Å². The molecule has 0 radical (unpaired) electrons.